The van der Waals surface area contributed by atoms with Gasteiger partial charge in [-0.3, -0.25) is 4.90 Å². The number of aliphatic hydroxyl groups excluding tert-OH is 1. The highest BCUT2D eigenvalue weighted by molar-refractivity contribution is 5.44. The standard InChI is InChI=1S/C17H28N2O2/c1-4-19-12-16-10-17(21-5-2)15(11-18-6-7-20)9-14(16)8-13(19)3/h9-10,13,18,20H,4-8,11-12H2,1-3H3. The molecule has 1 unspecified atom stereocenters. The second-order valence-corrected chi connectivity index (χ2v) is 5.68. The highest BCUT2D eigenvalue weighted by atomic mass is 16.5. The summed E-state index contributed by atoms with van der Waals surface area (Å²) >= 11 is 0. The smallest absolute Gasteiger partial charge is 0.124 e. The first-order valence-electron chi connectivity index (χ1n) is 8.02. The van der Waals surface area contributed by atoms with Crippen LogP contribution >= 0.6 is 0 Å². The molecule has 0 saturated heterocycles. The van der Waals surface area contributed by atoms with Crippen LogP contribution < -0.4 is 10.1 Å². The molecule has 1 aliphatic heterocycles. The third kappa shape index (κ3) is 3.96. The van der Waals surface area contributed by atoms with Crippen molar-refractivity contribution in [1.82, 2.24) is 10.2 Å². The van der Waals surface area contributed by atoms with E-state index in [9.17, 15) is 0 Å². The predicted octanol–water partition coefficient (Wildman–Crippen LogP) is 1.93. The number of hydrogen-bond acceptors (Lipinski definition) is 4. The zero-order chi connectivity index (χ0) is 15.2. The van der Waals surface area contributed by atoms with Crippen molar-refractivity contribution in [3.63, 3.8) is 0 Å². The fraction of sp³-hybridized carbons (Fsp3) is 0.647. The molecule has 4 nitrogen and oxygen atoms in total. The summed E-state index contributed by atoms with van der Waals surface area (Å²) in [5.74, 6) is 0.979. The maximum atomic E-state index is 8.90. The van der Waals surface area contributed by atoms with Crippen LogP contribution in [0.3, 0.4) is 0 Å². The first-order valence-corrected chi connectivity index (χ1v) is 8.02. The Bertz CT molecular complexity index is 462. The summed E-state index contributed by atoms with van der Waals surface area (Å²) in [4.78, 5) is 2.50. The molecule has 0 saturated carbocycles. The second-order valence-electron chi connectivity index (χ2n) is 5.68. The van der Waals surface area contributed by atoms with Gasteiger partial charge in [0.25, 0.3) is 0 Å². The number of fused-ring (bicyclic) bond motifs is 1. The molecule has 0 radical (unpaired) electrons. The minimum atomic E-state index is 0.164. The van der Waals surface area contributed by atoms with E-state index in [1.807, 2.05) is 6.92 Å². The van der Waals surface area contributed by atoms with Crippen LogP contribution in [0.15, 0.2) is 12.1 Å². The molecule has 2 rings (SSSR count). The topological polar surface area (TPSA) is 44.7 Å². The van der Waals surface area contributed by atoms with Crippen LogP contribution in [-0.2, 0) is 19.5 Å². The number of benzene rings is 1. The number of ether oxygens (including phenoxy) is 1. The summed E-state index contributed by atoms with van der Waals surface area (Å²) in [5.41, 5.74) is 4.03. The molecule has 4 heteroatoms. The number of likely N-dealkylation sites (N-methyl/N-ethyl adjacent to an activating group) is 1. The fourth-order valence-electron chi connectivity index (χ4n) is 3.03. The summed E-state index contributed by atoms with van der Waals surface area (Å²) in [6.45, 7) is 10.8. The Morgan fingerprint density at radius 3 is 2.81 bits per heavy atom. The van der Waals surface area contributed by atoms with Gasteiger partial charge in [-0.15, -0.1) is 0 Å². The van der Waals surface area contributed by atoms with Crippen molar-refractivity contribution in [3.8, 4) is 5.75 Å². The molecule has 2 N–H and O–H groups in total. The van der Waals surface area contributed by atoms with Crippen molar-refractivity contribution in [2.24, 2.45) is 0 Å². The quantitative estimate of drug-likeness (QED) is 0.754. The summed E-state index contributed by atoms with van der Waals surface area (Å²) < 4.78 is 5.81. The van der Waals surface area contributed by atoms with Gasteiger partial charge in [0.1, 0.15) is 5.75 Å². The second kappa shape index (κ2) is 7.78. The van der Waals surface area contributed by atoms with Crippen molar-refractivity contribution in [1.29, 1.82) is 0 Å². The first-order chi connectivity index (χ1) is 10.2. The molecular weight excluding hydrogens is 264 g/mol. The maximum Gasteiger partial charge on any atom is 0.124 e. The molecule has 21 heavy (non-hydrogen) atoms. The number of aliphatic hydroxyl groups is 1. The van der Waals surface area contributed by atoms with Crippen LogP contribution in [0.1, 0.15) is 37.5 Å². The molecule has 0 fully saturated rings. The molecule has 1 heterocycles. The van der Waals surface area contributed by atoms with Gasteiger partial charge >= 0.3 is 0 Å². The van der Waals surface area contributed by atoms with Gasteiger partial charge in [0.05, 0.1) is 13.2 Å². The molecule has 0 bridgehead atoms. The Hall–Kier alpha value is -1.10. The van der Waals surface area contributed by atoms with Crippen LogP contribution in [0.2, 0.25) is 0 Å². The van der Waals surface area contributed by atoms with Crippen molar-refractivity contribution in [3.05, 3.63) is 28.8 Å². The van der Waals surface area contributed by atoms with E-state index in [1.54, 1.807) is 0 Å². The third-order valence-electron chi connectivity index (χ3n) is 4.20. The molecule has 0 spiro atoms. The molecule has 0 aromatic heterocycles. The van der Waals surface area contributed by atoms with E-state index in [1.165, 1.54) is 16.7 Å². The van der Waals surface area contributed by atoms with Crippen LogP contribution in [-0.4, -0.2) is 42.4 Å². The van der Waals surface area contributed by atoms with Gasteiger partial charge < -0.3 is 15.2 Å². The zero-order valence-electron chi connectivity index (χ0n) is 13.5. The third-order valence-corrected chi connectivity index (χ3v) is 4.20. The summed E-state index contributed by atoms with van der Waals surface area (Å²) in [6.07, 6.45) is 1.10. The number of rotatable bonds is 7. The summed E-state index contributed by atoms with van der Waals surface area (Å²) in [5, 5.41) is 12.1. The summed E-state index contributed by atoms with van der Waals surface area (Å²) in [7, 11) is 0. The lowest BCUT2D eigenvalue weighted by molar-refractivity contribution is 0.194. The Morgan fingerprint density at radius 2 is 2.14 bits per heavy atom. The lowest BCUT2D eigenvalue weighted by atomic mass is 9.92. The van der Waals surface area contributed by atoms with Crippen LogP contribution in [0.5, 0.6) is 5.75 Å². The van der Waals surface area contributed by atoms with Gasteiger partial charge in [-0.25, -0.2) is 0 Å². The van der Waals surface area contributed by atoms with E-state index in [2.05, 4.69) is 36.2 Å². The number of hydrogen-bond donors (Lipinski definition) is 2. The Morgan fingerprint density at radius 1 is 1.33 bits per heavy atom. The largest absolute Gasteiger partial charge is 0.494 e. The minimum Gasteiger partial charge on any atom is -0.494 e. The average molecular weight is 292 g/mol. The van der Waals surface area contributed by atoms with Crippen LogP contribution in [0.4, 0.5) is 0 Å². The molecule has 1 aromatic rings. The minimum absolute atomic E-state index is 0.164. The molecule has 0 aliphatic carbocycles. The summed E-state index contributed by atoms with van der Waals surface area (Å²) in [6, 6.07) is 5.09. The van der Waals surface area contributed by atoms with Gasteiger partial charge in [0.15, 0.2) is 0 Å². The van der Waals surface area contributed by atoms with E-state index in [4.69, 9.17) is 9.84 Å². The molecule has 0 amide bonds. The fourth-order valence-corrected chi connectivity index (χ4v) is 3.03. The lowest BCUT2D eigenvalue weighted by Crippen LogP contribution is -2.38. The monoisotopic (exact) mass is 292 g/mol. The highest BCUT2D eigenvalue weighted by Gasteiger charge is 2.23. The van der Waals surface area contributed by atoms with E-state index >= 15 is 0 Å². The van der Waals surface area contributed by atoms with Crippen molar-refractivity contribution < 1.29 is 9.84 Å². The number of nitrogens with zero attached hydrogens (tertiary/aromatic N) is 1. The normalized spacial score (nSPS) is 18.6. The Labute approximate surface area is 128 Å². The zero-order valence-corrected chi connectivity index (χ0v) is 13.5. The van der Waals surface area contributed by atoms with Crippen molar-refractivity contribution >= 4 is 0 Å². The van der Waals surface area contributed by atoms with Crippen LogP contribution in [0.25, 0.3) is 0 Å². The Balaban J connectivity index is 2.23. The van der Waals surface area contributed by atoms with Crippen molar-refractivity contribution in [2.75, 3.05) is 26.3 Å². The lowest BCUT2D eigenvalue weighted by Gasteiger charge is -2.34. The molecular formula is C17H28N2O2. The van der Waals surface area contributed by atoms with E-state index in [0.29, 0.717) is 19.2 Å². The van der Waals surface area contributed by atoms with Gasteiger partial charge in [-0.2, -0.15) is 0 Å². The van der Waals surface area contributed by atoms with Gasteiger partial charge in [0, 0.05) is 31.2 Å². The van der Waals surface area contributed by atoms with Crippen LogP contribution in [0, 0.1) is 0 Å². The molecule has 1 aromatic carbocycles. The SMILES string of the molecule is CCOc1cc2c(cc1CNCCO)CC(C)N(CC)C2. The van der Waals surface area contributed by atoms with Crippen molar-refractivity contribution in [2.45, 2.75) is 46.3 Å². The van der Waals surface area contributed by atoms with Gasteiger partial charge in [0.2, 0.25) is 0 Å². The number of nitrogens with one attached hydrogen (secondary N) is 1. The average Bonchev–Trinajstić information content (AvgIpc) is 2.48. The van der Waals surface area contributed by atoms with Gasteiger partial charge in [-0.05, 0) is 44.0 Å². The molecule has 118 valence electrons. The predicted molar refractivity (Wildman–Crippen MR) is 85.7 cm³/mol. The maximum absolute atomic E-state index is 8.90. The molecule has 1 atom stereocenters. The highest BCUT2D eigenvalue weighted by Crippen LogP contribution is 2.30. The van der Waals surface area contributed by atoms with E-state index in [-0.39, 0.29) is 6.61 Å². The first kappa shape index (κ1) is 16.3. The van der Waals surface area contributed by atoms with Gasteiger partial charge in [-0.1, -0.05) is 13.0 Å². The molecule has 1 aliphatic rings. The van der Waals surface area contributed by atoms with E-state index in [0.717, 1.165) is 31.8 Å². The Kier molecular flexibility index (Phi) is 6.03. The van der Waals surface area contributed by atoms with E-state index < -0.39 is 0 Å².